The van der Waals surface area contributed by atoms with E-state index in [9.17, 15) is 8.42 Å². The molecule has 0 radical (unpaired) electrons. The van der Waals surface area contributed by atoms with Crippen molar-refractivity contribution in [2.24, 2.45) is 0 Å². The zero-order valence-corrected chi connectivity index (χ0v) is 10.1. The van der Waals surface area contributed by atoms with Crippen LogP contribution in [0, 0.1) is 11.3 Å². The maximum Gasteiger partial charge on any atom is 0.263 e. The van der Waals surface area contributed by atoms with Crippen LogP contribution in [0.4, 0.5) is 5.69 Å². The Labute approximate surface area is 105 Å². The first-order chi connectivity index (χ1) is 8.62. The molecule has 2 rings (SSSR count). The molecule has 0 bridgehead atoms. The summed E-state index contributed by atoms with van der Waals surface area (Å²) in [6.07, 6.45) is 2.76. The van der Waals surface area contributed by atoms with Gasteiger partial charge in [-0.1, -0.05) is 6.07 Å². The Morgan fingerprint density at radius 3 is 2.72 bits per heavy atom. The second kappa shape index (κ2) is 4.85. The zero-order chi connectivity index (χ0) is 13.0. The van der Waals surface area contributed by atoms with Crippen molar-refractivity contribution in [2.75, 3.05) is 4.72 Å². The van der Waals surface area contributed by atoms with Crippen molar-refractivity contribution in [3.05, 3.63) is 54.4 Å². The number of nitriles is 1. The molecule has 18 heavy (non-hydrogen) atoms. The normalized spacial score (nSPS) is 10.6. The summed E-state index contributed by atoms with van der Waals surface area (Å²) < 4.78 is 26.3. The summed E-state index contributed by atoms with van der Waals surface area (Å²) in [6.45, 7) is 0. The molecule has 1 heterocycles. The second-order valence-electron chi connectivity index (χ2n) is 3.49. The number of nitrogens with zero attached hydrogens (tertiary/aromatic N) is 2. The Hall–Kier alpha value is -2.39. The van der Waals surface area contributed by atoms with E-state index in [2.05, 4.69) is 9.71 Å². The molecule has 5 nitrogen and oxygen atoms in total. The van der Waals surface area contributed by atoms with Gasteiger partial charge in [-0.25, -0.2) is 8.42 Å². The predicted molar refractivity (Wildman–Crippen MR) is 66.2 cm³/mol. The van der Waals surface area contributed by atoms with Crippen LogP contribution in [0.3, 0.4) is 0 Å². The Bertz CT molecular complexity index is 691. The molecule has 0 fully saturated rings. The molecule has 0 saturated heterocycles. The van der Waals surface area contributed by atoms with Gasteiger partial charge in [0.25, 0.3) is 10.0 Å². The number of hydrogen-bond acceptors (Lipinski definition) is 4. The number of rotatable bonds is 3. The molecule has 0 atom stereocenters. The summed E-state index contributed by atoms with van der Waals surface area (Å²) in [7, 11) is -3.66. The smallest absolute Gasteiger partial charge is 0.263 e. The van der Waals surface area contributed by atoms with Crippen LogP contribution in [-0.2, 0) is 10.0 Å². The van der Waals surface area contributed by atoms with E-state index in [1.165, 1.54) is 24.5 Å². The number of aromatic nitrogens is 1. The molecule has 0 unspecified atom stereocenters. The van der Waals surface area contributed by atoms with E-state index in [-0.39, 0.29) is 4.90 Å². The first-order valence-corrected chi connectivity index (χ1v) is 6.53. The summed E-state index contributed by atoms with van der Waals surface area (Å²) in [5, 5.41) is 8.74. The van der Waals surface area contributed by atoms with E-state index in [0.717, 1.165) is 0 Å². The van der Waals surface area contributed by atoms with Gasteiger partial charge in [-0.15, -0.1) is 0 Å². The third kappa shape index (κ3) is 2.64. The molecule has 0 spiro atoms. The third-order valence-electron chi connectivity index (χ3n) is 2.19. The zero-order valence-electron chi connectivity index (χ0n) is 9.24. The molecule has 1 aromatic carbocycles. The number of pyridine rings is 1. The van der Waals surface area contributed by atoms with Crippen LogP contribution >= 0.6 is 0 Å². The first-order valence-electron chi connectivity index (χ1n) is 5.05. The van der Waals surface area contributed by atoms with Gasteiger partial charge in [0.1, 0.15) is 4.90 Å². The topological polar surface area (TPSA) is 82.9 Å². The van der Waals surface area contributed by atoms with Crippen LogP contribution in [0.5, 0.6) is 0 Å². The van der Waals surface area contributed by atoms with Crippen LogP contribution in [0.2, 0.25) is 0 Å². The first kappa shape index (κ1) is 12.1. The van der Waals surface area contributed by atoms with Gasteiger partial charge < -0.3 is 0 Å². The van der Waals surface area contributed by atoms with Crippen molar-refractivity contribution >= 4 is 15.7 Å². The summed E-state index contributed by atoms with van der Waals surface area (Å²) in [4.78, 5) is 3.83. The fraction of sp³-hybridized carbons (Fsp3) is 0. The molecule has 0 amide bonds. The van der Waals surface area contributed by atoms with E-state index in [1.807, 2.05) is 6.07 Å². The standard InChI is InChI=1S/C12H9N3O2S/c13-8-10-3-1-4-11(7-10)15-18(16,17)12-5-2-6-14-9-12/h1-7,9,15H. The second-order valence-corrected chi connectivity index (χ2v) is 5.17. The minimum absolute atomic E-state index is 0.0763. The lowest BCUT2D eigenvalue weighted by Gasteiger charge is -2.07. The maximum absolute atomic E-state index is 12.0. The highest BCUT2D eigenvalue weighted by Gasteiger charge is 2.13. The van der Waals surface area contributed by atoms with E-state index < -0.39 is 10.0 Å². The Balaban J connectivity index is 2.32. The highest BCUT2D eigenvalue weighted by atomic mass is 32.2. The number of nitrogens with one attached hydrogen (secondary N) is 1. The van der Waals surface area contributed by atoms with E-state index >= 15 is 0 Å². The molecular weight excluding hydrogens is 250 g/mol. The van der Waals surface area contributed by atoms with Crippen LogP contribution in [0.15, 0.2) is 53.7 Å². The maximum atomic E-state index is 12.0. The summed E-state index contributed by atoms with van der Waals surface area (Å²) in [6, 6.07) is 11.2. The molecular formula is C12H9N3O2S. The van der Waals surface area contributed by atoms with Gasteiger partial charge in [-0.2, -0.15) is 5.26 Å². The molecule has 1 N–H and O–H groups in total. The molecule has 0 aliphatic rings. The van der Waals surface area contributed by atoms with Gasteiger partial charge in [-0.3, -0.25) is 9.71 Å². The number of hydrogen-bond donors (Lipinski definition) is 1. The molecule has 6 heteroatoms. The summed E-state index contributed by atoms with van der Waals surface area (Å²) >= 11 is 0. The van der Waals surface area contributed by atoms with E-state index in [0.29, 0.717) is 11.3 Å². The molecule has 2 aromatic rings. The van der Waals surface area contributed by atoms with Crippen molar-refractivity contribution < 1.29 is 8.42 Å². The highest BCUT2D eigenvalue weighted by molar-refractivity contribution is 7.92. The number of anilines is 1. The Morgan fingerprint density at radius 1 is 1.22 bits per heavy atom. The molecule has 90 valence electrons. The Morgan fingerprint density at radius 2 is 2.06 bits per heavy atom. The van der Waals surface area contributed by atoms with Gasteiger partial charge in [0, 0.05) is 12.4 Å². The number of sulfonamides is 1. The molecule has 1 aromatic heterocycles. The van der Waals surface area contributed by atoms with Crippen LogP contribution in [0.1, 0.15) is 5.56 Å². The minimum Gasteiger partial charge on any atom is -0.280 e. The quantitative estimate of drug-likeness (QED) is 0.910. The SMILES string of the molecule is N#Cc1cccc(NS(=O)(=O)c2cccnc2)c1. The third-order valence-corrected chi connectivity index (χ3v) is 3.56. The van der Waals surface area contributed by atoms with Gasteiger partial charge in [-0.05, 0) is 30.3 Å². The van der Waals surface area contributed by atoms with Crippen molar-refractivity contribution in [3.63, 3.8) is 0 Å². The largest absolute Gasteiger partial charge is 0.280 e. The van der Waals surface area contributed by atoms with Crippen molar-refractivity contribution in [1.82, 2.24) is 4.98 Å². The number of benzene rings is 1. The predicted octanol–water partition coefficient (Wildman–Crippen LogP) is 1.75. The fourth-order valence-corrected chi connectivity index (χ4v) is 2.38. The molecule has 0 aliphatic heterocycles. The molecule has 0 aliphatic carbocycles. The van der Waals surface area contributed by atoms with E-state index in [4.69, 9.17) is 5.26 Å². The highest BCUT2D eigenvalue weighted by Crippen LogP contribution is 2.15. The molecule has 0 saturated carbocycles. The average Bonchev–Trinajstić information content (AvgIpc) is 2.39. The lowest BCUT2D eigenvalue weighted by Crippen LogP contribution is -2.13. The van der Waals surface area contributed by atoms with E-state index in [1.54, 1.807) is 24.3 Å². The lowest BCUT2D eigenvalue weighted by molar-refractivity contribution is 0.601. The lowest BCUT2D eigenvalue weighted by atomic mass is 10.2. The summed E-state index contributed by atoms with van der Waals surface area (Å²) in [5.74, 6) is 0. The van der Waals surface area contributed by atoms with Gasteiger partial charge in [0.05, 0.1) is 17.3 Å². The van der Waals surface area contributed by atoms with Crippen LogP contribution in [0.25, 0.3) is 0 Å². The average molecular weight is 259 g/mol. The monoisotopic (exact) mass is 259 g/mol. The van der Waals surface area contributed by atoms with Gasteiger partial charge in [0.2, 0.25) is 0 Å². The van der Waals surface area contributed by atoms with Gasteiger partial charge in [0.15, 0.2) is 0 Å². The van der Waals surface area contributed by atoms with Crippen LogP contribution in [-0.4, -0.2) is 13.4 Å². The van der Waals surface area contributed by atoms with Crippen molar-refractivity contribution in [2.45, 2.75) is 4.90 Å². The Kier molecular flexibility index (Phi) is 3.26. The van der Waals surface area contributed by atoms with Crippen molar-refractivity contribution in [3.8, 4) is 6.07 Å². The summed E-state index contributed by atoms with van der Waals surface area (Å²) in [5.41, 5.74) is 0.735. The fourth-order valence-electron chi connectivity index (χ4n) is 1.37. The van der Waals surface area contributed by atoms with Crippen LogP contribution < -0.4 is 4.72 Å². The minimum atomic E-state index is -3.66. The van der Waals surface area contributed by atoms with Gasteiger partial charge >= 0.3 is 0 Å². The van der Waals surface area contributed by atoms with Crippen molar-refractivity contribution in [1.29, 1.82) is 5.26 Å².